The van der Waals surface area contributed by atoms with E-state index in [0.717, 1.165) is 5.56 Å². The van der Waals surface area contributed by atoms with E-state index in [9.17, 15) is 13.6 Å². The number of hydrogen-bond acceptors (Lipinski definition) is 2. The minimum Gasteiger partial charge on any atom is -0.485 e. The zero-order valence-electron chi connectivity index (χ0n) is 10.4. The number of ether oxygens (including phenoxy) is 1. The Morgan fingerprint density at radius 3 is 2.35 bits per heavy atom. The monoisotopic (exact) mass is 340 g/mol. The molecule has 0 bridgehead atoms. The Labute approximate surface area is 123 Å². The highest BCUT2D eigenvalue weighted by molar-refractivity contribution is 9.10. The molecule has 0 saturated carbocycles. The van der Waals surface area contributed by atoms with Crippen molar-refractivity contribution in [2.24, 2.45) is 0 Å². The van der Waals surface area contributed by atoms with Gasteiger partial charge in [0.15, 0.2) is 5.78 Å². The lowest BCUT2D eigenvalue weighted by Crippen LogP contribution is -2.14. The number of hydrogen-bond donors (Lipinski definition) is 0. The second-order valence-electron chi connectivity index (χ2n) is 4.21. The second-order valence-corrected chi connectivity index (χ2v) is 5.06. The molecule has 20 heavy (non-hydrogen) atoms. The van der Waals surface area contributed by atoms with Crippen molar-refractivity contribution in [3.8, 4) is 5.75 Å². The van der Waals surface area contributed by atoms with E-state index in [2.05, 4.69) is 15.9 Å². The van der Waals surface area contributed by atoms with Crippen molar-refractivity contribution in [2.45, 2.75) is 6.42 Å². The van der Waals surface area contributed by atoms with E-state index in [4.69, 9.17) is 4.74 Å². The summed E-state index contributed by atoms with van der Waals surface area (Å²) in [6.07, 6.45) is 0.166. The number of rotatable bonds is 5. The zero-order valence-corrected chi connectivity index (χ0v) is 12.0. The van der Waals surface area contributed by atoms with Crippen molar-refractivity contribution in [2.75, 3.05) is 6.61 Å². The van der Waals surface area contributed by atoms with Crippen molar-refractivity contribution in [3.63, 3.8) is 0 Å². The summed E-state index contributed by atoms with van der Waals surface area (Å²) < 4.78 is 31.4. The van der Waals surface area contributed by atoms with Gasteiger partial charge in [0.25, 0.3) is 0 Å². The maximum absolute atomic E-state index is 12.9. The lowest BCUT2D eigenvalue weighted by atomic mass is 10.1. The summed E-state index contributed by atoms with van der Waals surface area (Å²) >= 11 is 3.15. The Morgan fingerprint density at radius 1 is 1.05 bits per heavy atom. The largest absolute Gasteiger partial charge is 0.485 e. The number of carbonyl (C=O) groups is 1. The van der Waals surface area contributed by atoms with Crippen LogP contribution in [0, 0.1) is 11.6 Å². The molecule has 0 fully saturated rings. The predicted octanol–water partition coefficient (Wildman–Crippen LogP) is 3.92. The lowest BCUT2D eigenvalue weighted by Gasteiger charge is -2.07. The minimum atomic E-state index is -0.387. The minimum absolute atomic E-state index is 0.123. The summed E-state index contributed by atoms with van der Waals surface area (Å²) in [5.74, 6) is -0.471. The summed E-state index contributed by atoms with van der Waals surface area (Å²) in [6.45, 7) is -0.123. The first kappa shape index (κ1) is 14.7. The number of ketones is 1. The van der Waals surface area contributed by atoms with Gasteiger partial charge in [0, 0.05) is 6.42 Å². The van der Waals surface area contributed by atoms with Crippen LogP contribution in [-0.2, 0) is 11.2 Å². The Hall–Kier alpha value is -1.75. The molecule has 0 aliphatic carbocycles. The fourth-order valence-electron chi connectivity index (χ4n) is 1.63. The summed E-state index contributed by atoms with van der Waals surface area (Å²) in [4.78, 5) is 11.7. The van der Waals surface area contributed by atoms with Crippen LogP contribution in [0.2, 0.25) is 0 Å². The van der Waals surface area contributed by atoms with Gasteiger partial charge in [0.05, 0.1) is 4.47 Å². The predicted molar refractivity (Wildman–Crippen MR) is 74.7 cm³/mol. The first-order chi connectivity index (χ1) is 9.54. The molecule has 0 aliphatic rings. The third-order valence-corrected chi connectivity index (χ3v) is 3.22. The Kier molecular flexibility index (Phi) is 4.84. The van der Waals surface area contributed by atoms with Crippen LogP contribution in [0.15, 0.2) is 46.9 Å². The summed E-state index contributed by atoms with van der Waals surface area (Å²) in [5.41, 5.74) is 0.721. The van der Waals surface area contributed by atoms with Crippen LogP contribution in [0.1, 0.15) is 5.56 Å². The molecule has 0 spiro atoms. The SMILES string of the molecule is O=C(COc1ccc(F)cc1Br)Cc1ccc(F)cc1. The Bertz CT molecular complexity index is 612. The van der Waals surface area contributed by atoms with E-state index in [1.165, 1.54) is 30.3 Å². The van der Waals surface area contributed by atoms with E-state index in [1.807, 2.05) is 0 Å². The average molecular weight is 341 g/mol. The third kappa shape index (κ3) is 4.13. The summed E-state index contributed by atoms with van der Waals surface area (Å²) in [5, 5.41) is 0. The number of benzene rings is 2. The average Bonchev–Trinajstić information content (AvgIpc) is 2.40. The number of carbonyl (C=O) groups excluding carboxylic acids is 1. The van der Waals surface area contributed by atoms with Gasteiger partial charge in [0.1, 0.15) is 24.0 Å². The normalized spacial score (nSPS) is 10.3. The van der Waals surface area contributed by atoms with Gasteiger partial charge in [-0.1, -0.05) is 12.1 Å². The highest BCUT2D eigenvalue weighted by atomic mass is 79.9. The molecule has 2 nitrogen and oxygen atoms in total. The van der Waals surface area contributed by atoms with Gasteiger partial charge < -0.3 is 4.74 Å². The van der Waals surface area contributed by atoms with Crippen molar-refractivity contribution < 1.29 is 18.3 Å². The second kappa shape index (κ2) is 6.61. The van der Waals surface area contributed by atoms with E-state index in [-0.39, 0.29) is 30.4 Å². The highest BCUT2D eigenvalue weighted by Gasteiger charge is 2.08. The molecule has 0 N–H and O–H groups in total. The van der Waals surface area contributed by atoms with E-state index in [1.54, 1.807) is 12.1 Å². The molecule has 5 heteroatoms. The standard InChI is InChI=1S/C15H11BrF2O2/c16-14-8-12(18)5-6-15(14)20-9-13(19)7-10-1-3-11(17)4-2-10/h1-6,8H,7,9H2. The Morgan fingerprint density at radius 2 is 1.70 bits per heavy atom. The van der Waals surface area contributed by atoms with Crippen molar-refractivity contribution in [1.29, 1.82) is 0 Å². The van der Waals surface area contributed by atoms with Crippen molar-refractivity contribution in [1.82, 2.24) is 0 Å². The van der Waals surface area contributed by atoms with E-state index in [0.29, 0.717) is 10.2 Å². The fourth-order valence-corrected chi connectivity index (χ4v) is 2.10. The highest BCUT2D eigenvalue weighted by Crippen LogP contribution is 2.25. The van der Waals surface area contributed by atoms with Crippen LogP contribution in [0.4, 0.5) is 8.78 Å². The maximum Gasteiger partial charge on any atom is 0.174 e. The Balaban J connectivity index is 1.90. The molecule has 2 rings (SSSR count). The fraction of sp³-hybridized carbons (Fsp3) is 0.133. The smallest absolute Gasteiger partial charge is 0.174 e. The molecule has 0 amide bonds. The van der Waals surface area contributed by atoms with Crippen LogP contribution in [-0.4, -0.2) is 12.4 Å². The third-order valence-electron chi connectivity index (χ3n) is 2.60. The zero-order chi connectivity index (χ0) is 14.5. The van der Waals surface area contributed by atoms with Crippen LogP contribution in [0.25, 0.3) is 0 Å². The molecule has 0 unspecified atom stereocenters. The van der Waals surface area contributed by atoms with Gasteiger partial charge in [-0.2, -0.15) is 0 Å². The molecule has 0 saturated heterocycles. The molecule has 2 aromatic carbocycles. The van der Waals surface area contributed by atoms with Gasteiger partial charge in [-0.3, -0.25) is 4.79 Å². The van der Waals surface area contributed by atoms with E-state index >= 15 is 0 Å². The molecule has 104 valence electrons. The maximum atomic E-state index is 12.9. The molecular weight excluding hydrogens is 330 g/mol. The van der Waals surface area contributed by atoms with Crippen LogP contribution in [0.3, 0.4) is 0 Å². The topological polar surface area (TPSA) is 26.3 Å². The first-order valence-electron chi connectivity index (χ1n) is 5.88. The number of Topliss-reactive ketones (excluding diaryl/α,β-unsaturated/α-hetero) is 1. The van der Waals surface area contributed by atoms with E-state index < -0.39 is 0 Å². The molecule has 2 aromatic rings. The molecular formula is C15H11BrF2O2. The summed E-state index contributed by atoms with van der Waals surface area (Å²) in [7, 11) is 0. The van der Waals surface area contributed by atoms with Gasteiger partial charge >= 0.3 is 0 Å². The van der Waals surface area contributed by atoms with Gasteiger partial charge in [0.2, 0.25) is 0 Å². The van der Waals surface area contributed by atoms with Crippen molar-refractivity contribution in [3.05, 3.63) is 64.1 Å². The molecule has 0 aliphatic heterocycles. The molecule has 0 atom stereocenters. The number of halogens is 3. The van der Waals surface area contributed by atoms with Crippen LogP contribution < -0.4 is 4.74 Å². The first-order valence-corrected chi connectivity index (χ1v) is 6.68. The lowest BCUT2D eigenvalue weighted by molar-refractivity contribution is -0.120. The van der Waals surface area contributed by atoms with Gasteiger partial charge in [-0.05, 0) is 51.8 Å². The molecule has 0 aromatic heterocycles. The quantitative estimate of drug-likeness (QED) is 0.824. The summed E-state index contributed by atoms with van der Waals surface area (Å²) in [6, 6.07) is 9.69. The van der Waals surface area contributed by atoms with Crippen molar-refractivity contribution >= 4 is 21.7 Å². The van der Waals surface area contributed by atoms with Crippen LogP contribution >= 0.6 is 15.9 Å². The molecule has 0 heterocycles. The van der Waals surface area contributed by atoms with Crippen LogP contribution in [0.5, 0.6) is 5.75 Å². The molecule has 0 radical (unpaired) electrons. The van der Waals surface area contributed by atoms with Gasteiger partial charge in [-0.25, -0.2) is 8.78 Å². The van der Waals surface area contributed by atoms with Gasteiger partial charge in [-0.15, -0.1) is 0 Å².